The van der Waals surface area contributed by atoms with Crippen molar-refractivity contribution in [3.63, 3.8) is 0 Å². The van der Waals surface area contributed by atoms with Crippen LogP contribution < -0.4 is 0 Å². The Bertz CT molecular complexity index is 2060. The van der Waals surface area contributed by atoms with E-state index in [1.165, 1.54) is 176 Å². The lowest BCUT2D eigenvalue weighted by Gasteiger charge is -2.42. The highest BCUT2D eigenvalue weighted by atomic mass is 16.0. The molecule has 0 heterocycles. The van der Waals surface area contributed by atoms with Crippen molar-refractivity contribution in [1.29, 1.82) is 0 Å². The van der Waals surface area contributed by atoms with Crippen LogP contribution in [0.3, 0.4) is 0 Å². The van der Waals surface area contributed by atoms with Gasteiger partial charge in [-0.1, -0.05) is 210 Å². The zero-order chi connectivity index (χ0) is 47.3. The fourth-order valence-corrected chi connectivity index (χ4v) is 15.4. The molecule has 2 aromatic rings. The highest BCUT2D eigenvalue weighted by Gasteiger charge is 2.39. The molecule has 2 radical (unpaired) electrons. The van der Waals surface area contributed by atoms with E-state index in [4.69, 9.17) is 0 Å². The number of fused-ring (bicyclic) bond motifs is 1. The quantitative estimate of drug-likeness (QED) is 0.177. The molecule has 5 fully saturated rings. The van der Waals surface area contributed by atoms with Gasteiger partial charge in [0.15, 0.2) is 0 Å². The van der Waals surface area contributed by atoms with Crippen LogP contribution in [0.1, 0.15) is 250 Å². The Labute approximate surface area is 431 Å². The van der Waals surface area contributed by atoms with Crippen LogP contribution in [0.5, 0.6) is 0 Å². The predicted molar refractivity (Wildman–Crippen MR) is 303 cm³/mol. The molecule has 5 saturated carbocycles. The zero-order valence-corrected chi connectivity index (χ0v) is 45.4. The van der Waals surface area contributed by atoms with Gasteiger partial charge in [-0.15, -0.1) is 0 Å². The highest BCUT2D eigenvalue weighted by Crippen LogP contribution is 2.52. The Kier molecular flexibility index (Phi) is 21.4. The molecule has 0 amide bonds. The fraction of sp³-hybridized carbons (Fsp3) is 0.676. The van der Waals surface area contributed by atoms with E-state index in [0.29, 0.717) is 17.8 Å². The van der Waals surface area contributed by atoms with Crippen molar-refractivity contribution in [3.05, 3.63) is 124 Å². The van der Waals surface area contributed by atoms with E-state index in [1.807, 2.05) is 13.8 Å². The molecule has 2 N–H and O–H groups in total. The molecule has 0 saturated heterocycles. The van der Waals surface area contributed by atoms with E-state index < -0.39 is 0 Å². The van der Waals surface area contributed by atoms with Gasteiger partial charge in [-0.25, -0.2) is 0 Å². The van der Waals surface area contributed by atoms with Gasteiger partial charge in [0.1, 0.15) is 0 Å². The topological polar surface area (TPSA) is 60.0 Å². The SMILES string of the molecule is C.C=C1CC[C@@H](C2Cc3cc(C4CCC(CC5CCC(CCC6CCC(CC7=CCC(C)(CCc8cccc([C@H](C)C9CCC9)c8)C(C(C)(C)C)=C7)CC6)CC5)CC4)ccc3C2=C)C(=C)C1.CC.[OH].[OH]. The van der Waals surface area contributed by atoms with Gasteiger partial charge in [0.05, 0.1) is 0 Å². The minimum atomic E-state index is 0. The first-order valence-electron chi connectivity index (χ1n) is 28.9. The molecule has 9 rings (SSSR count). The third-order valence-corrected chi connectivity index (χ3v) is 20.0. The van der Waals surface area contributed by atoms with E-state index in [-0.39, 0.29) is 29.2 Å². The standard InChI is InChI=1S/C65H92.C2H6.CH4.2HO/c1-44-15-31-60(45(2)37-44)62-43-59-42-58(30-32-61(59)47(62)4)56-28-26-53(27-29-56)38-51-22-18-48(19-23-51)16-17-49-20-24-52(25-21-49)39-54-34-36-65(8,63(41-54)64(5,6)7)35-33-50-11-9-14-57(40-50)46(3)55-12-10-13-55;1-2;;;/h9,11,14,30,32,34,40-42,46,48-49,51-53,55-56,60,62H,1-2,4,10,12-13,15-29,31,33,35-39,43H2,3,5-8H3;1-2H3;1H4;2*1H/t46-,48?,49?,51?,52?,53?,56?,60-,62?,65?;;;;/m1..../s1. The summed E-state index contributed by atoms with van der Waals surface area (Å²) < 4.78 is 0. The first-order valence-corrected chi connectivity index (χ1v) is 28.9. The summed E-state index contributed by atoms with van der Waals surface area (Å²) in [5, 5.41) is 0. The van der Waals surface area contributed by atoms with Gasteiger partial charge in [-0.05, 0) is 213 Å². The van der Waals surface area contributed by atoms with Crippen LogP contribution in [0.25, 0.3) is 5.57 Å². The van der Waals surface area contributed by atoms with Crippen molar-refractivity contribution >= 4 is 5.57 Å². The minimum absolute atomic E-state index is 0. The number of aryl methyl sites for hydroxylation is 1. The van der Waals surface area contributed by atoms with Crippen molar-refractivity contribution in [2.45, 2.75) is 235 Å². The van der Waals surface area contributed by atoms with Crippen LogP contribution in [0.4, 0.5) is 0 Å². The maximum Gasteiger partial charge on any atom is -0.00554 e. The number of hydrogen-bond donors (Lipinski definition) is 2. The van der Waals surface area contributed by atoms with Crippen molar-refractivity contribution in [3.8, 4) is 0 Å². The zero-order valence-electron chi connectivity index (χ0n) is 45.4. The maximum atomic E-state index is 4.63. The molecule has 0 bridgehead atoms. The average Bonchev–Trinajstić information content (AvgIpc) is 3.64. The van der Waals surface area contributed by atoms with Crippen LogP contribution in [0, 0.1) is 58.2 Å². The van der Waals surface area contributed by atoms with Crippen LogP contribution in [-0.4, -0.2) is 11.0 Å². The third-order valence-electron chi connectivity index (χ3n) is 20.0. The van der Waals surface area contributed by atoms with Crippen LogP contribution in [0.15, 0.2) is 96.6 Å². The van der Waals surface area contributed by atoms with Crippen molar-refractivity contribution < 1.29 is 11.0 Å². The van der Waals surface area contributed by atoms with Gasteiger partial charge in [0, 0.05) is 0 Å². The normalized spacial score (nSPS) is 30.7. The van der Waals surface area contributed by atoms with E-state index >= 15 is 0 Å². The lowest BCUT2D eigenvalue weighted by molar-refractivity contribution is 0.187. The lowest BCUT2D eigenvalue weighted by Crippen LogP contribution is -2.30. The molecule has 2 heteroatoms. The predicted octanol–water partition coefficient (Wildman–Crippen LogP) is 20.4. The molecule has 2 unspecified atom stereocenters. The van der Waals surface area contributed by atoms with Gasteiger partial charge >= 0.3 is 0 Å². The molecule has 70 heavy (non-hydrogen) atoms. The number of allylic oxidation sites excluding steroid dienone is 7. The summed E-state index contributed by atoms with van der Waals surface area (Å²) >= 11 is 0. The number of hydrogen-bond acceptors (Lipinski definition) is 0. The Morgan fingerprint density at radius 3 is 1.93 bits per heavy atom. The van der Waals surface area contributed by atoms with Gasteiger partial charge in [-0.3, -0.25) is 11.0 Å². The highest BCUT2D eigenvalue weighted by molar-refractivity contribution is 5.74. The van der Waals surface area contributed by atoms with Gasteiger partial charge < -0.3 is 0 Å². The molecule has 7 aliphatic rings. The van der Waals surface area contributed by atoms with Gasteiger partial charge in [0.2, 0.25) is 0 Å². The molecule has 0 spiro atoms. The lowest BCUT2D eigenvalue weighted by atomic mass is 9.62. The molecule has 2 nitrogen and oxygen atoms in total. The van der Waals surface area contributed by atoms with Crippen molar-refractivity contribution in [2.24, 2.45) is 58.2 Å². The monoisotopic (exact) mass is 953 g/mol. The molecule has 2 aromatic carbocycles. The molecular weight excluding hydrogens is 849 g/mol. The van der Waals surface area contributed by atoms with E-state index in [0.717, 1.165) is 54.3 Å². The average molecular weight is 954 g/mol. The Morgan fingerprint density at radius 2 is 1.33 bits per heavy atom. The van der Waals surface area contributed by atoms with Crippen LogP contribution in [0.2, 0.25) is 0 Å². The molecule has 0 aromatic heterocycles. The van der Waals surface area contributed by atoms with Crippen LogP contribution >= 0.6 is 0 Å². The first kappa shape index (κ1) is 58.0. The summed E-state index contributed by atoms with van der Waals surface area (Å²) in [6, 6.07) is 17.2. The number of benzene rings is 2. The second-order valence-corrected chi connectivity index (χ2v) is 25.6. The second kappa shape index (κ2) is 25.8. The molecule has 0 aliphatic heterocycles. The summed E-state index contributed by atoms with van der Waals surface area (Å²) in [6.45, 7) is 29.8. The molecule has 4 atom stereocenters. The summed E-state index contributed by atoms with van der Waals surface area (Å²) in [5.41, 5.74) is 15.7. The summed E-state index contributed by atoms with van der Waals surface area (Å²) in [6.07, 6.45) is 41.4. The minimum Gasteiger partial charge on any atom is -0.255 e. The Morgan fingerprint density at radius 1 is 0.714 bits per heavy atom. The summed E-state index contributed by atoms with van der Waals surface area (Å²) in [4.78, 5) is 0. The second-order valence-electron chi connectivity index (χ2n) is 25.6. The smallest absolute Gasteiger partial charge is 0.00554 e. The summed E-state index contributed by atoms with van der Waals surface area (Å²) in [7, 11) is 0. The van der Waals surface area contributed by atoms with E-state index in [2.05, 4.69) is 109 Å². The molecular formula is C68H104O2. The number of rotatable bonds is 14. The van der Waals surface area contributed by atoms with Crippen molar-refractivity contribution in [2.75, 3.05) is 0 Å². The molecule has 388 valence electrons. The Hall–Kier alpha value is -2.94. The first-order chi connectivity index (χ1) is 32.3. The van der Waals surface area contributed by atoms with Gasteiger partial charge in [0.25, 0.3) is 0 Å². The van der Waals surface area contributed by atoms with Crippen LogP contribution in [-0.2, 0) is 12.8 Å². The third kappa shape index (κ3) is 14.0. The van der Waals surface area contributed by atoms with E-state index in [1.54, 1.807) is 33.4 Å². The van der Waals surface area contributed by atoms with E-state index in [9.17, 15) is 0 Å². The largest absolute Gasteiger partial charge is 0.255 e. The van der Waals surface area contributed by atoms with Gasteiger partial charge in [-0.2, -0.15) is 0 Å². The fourth-order valence-electron chi connectivity index (χ4n) is 15.4. The Balaban J connectivity index is 0.00000180. The summed E-state index contributed by atoms with van der Waals surface area (Å²) in [5.74, 6) is 8.37. The molecule has 7 aliphatic carbocycles. The van der Waals surface area contributed by atoms with Crippen molar-refractivity contribution in [1.82, 2.24) is 0 Å². The maximum absolute atomic E-state index is 4.63.